The highest BCUT2D eigenvalue weighted by molar-refractivity contribution is 7.88. The second-order valence-corrected chi connectivity index (χ2v) is 8.67. The van der Waals surface area contributed by atoms with Gasteiger partial charge in [0.1, 0.15) is 6.04 Å². The minimum Gasteiger partial charge on any atom is -0.379 e. The van der Waals surface area contributed by atoms with E-state index in [4.69, 9.17) is 4.74 Å². The van der Waals surface area contributed by atoms with Gasteiger partial charge in [-0.2, -0.15) is 4.31 Å². The molecule has 2 saturated heterocycles. The van der Waals surface area contributed by atoms with Gasteiger partial charge < -0.3 is 10.1 Å². The molecule has 2 aliphatic rings. The number of ether oxygens (including phenoxy) is 1. The van der Waals surface area contributed by atoms with Crippen molar-refractivity contribution in [3.05, 3.63) is 0 Å². The molecule has 0 bridgehead atoms. The molecule has 8 heteroatoms. The van der Waals surface area contributed by atoms with E-state index in [9.17, 15) is 13.2 Å². The lowest BCUT2D eigenvalue weighted by Crippen LogP contribution is -2.53. The highest BCUT2D eigenvalue weighted by Gasteiger charge is 2.36. The Morgan fingerprint density at radius 1 is 1.26 bits per heavy atom. The number of amides is 1. The van der Waals surface area contributed by atoms with Crippen molar-refractivity contribution in [1.29, 1.82) is 0 Å². The summed E-state index contributed by atoms with van der Waals surface area (Å²) >= 11 is 0. The lowest BCUT2D eigenvalue weighted by molar-refractivity contribution is -0.124. The van der Waals surface area contributed by atoms with E-state index < -0.39 is 16.1 Å². The summed E-state index contributed by atoms with van der Waals surface area (Å²) in [5.41, 5.74) is 0. The summed E-state index contributed by atoms with van der Waals surface area (Å²) < 4.78 is 30.2. The van der Waals surface area contributed by atoms with Gasteiger partial charge in [0.2, 0.25) is 15.9 Å². The van der Waals surface area contributed by atoms with Gasteiger partial charge in [-0.05, 0) is 18.8 Å². The summed E-state index contributed by atoms with van der Waals surface area (Å²) in [7, 11) is -3.33. The summed E-state index contributed by atoms with van der Waals surface area (Å²) in [6.45, 7) is 8.46. The zero-order valence-electron chi connectivity index (χ0n) is 14.3. The predicted molar refractivity (Wildman–Crippen MR) is 88.6 cm³/mol. The van der Waals surface area contributed by atoms with E-state index in [0.29, 0.717) is 25.4 Å². The maximum absolute atomic E-state index is 12.5. The first kappa shape index (κ1) is 18.6. The van der Waals surface area contributed by atoms with Crippen LogP contribution in [0.1, 0.15) is 26.7 Å². The highest BCUT2D eigenvalue weighted by Crippen LogP contribution is 2.20. The lowest BCUT2D eigenvalue weighted by atomic mass is 10.0. The standard InChI is InChI=1S/C15H29N3O4S/c1-12(2)14(17-7-9-22-10-8-17)11-16-15(19)13-5-4-6-18(13)23(3,20)21/h12-14H,4-11H2,1-3H3,(H,16,19). The van der Waals surface area contributed by atoms with Gasteiger partial charge in [0.25, 0.3) is 0 Å². The highest BCUT2D eigenvalue weighted by atomic mass is 32.2. The quantitative estimate of drug-likeness (QED) is 0.725. The van der Waals surface area contributed by atoms with Crippen LogP contribution in [-0.4, -0.2) is 81.3 Å². The fraction of sp³-hybridized carbons (Fsp3) is 0.933. The molecule has 0 aliphatic carbocycles. The van der Waals surface area contributed by atoms with Crippen molar-refractivity contribution in [3.63, 3.8) is 0 Å². The molecule has 0 aromatic rings. The van der Waals surface area contributed by atoms with Crippen molar-refractivity contribution < 1.29 is 17.9 Å². The van der Waals surface area contributed by atoms with Crippen molar-refractivity contribution in [2.75, 3.05) is 45.6 Å². The molecular formula is C15H29N3O4S. The van der Waals surface area contributed by atoms with Gasteiger partial charge in [-0.15, -0.1) is 0 Å². The Balaban J connectivity index is 1.93. The molecule has 1 amide bonds. The Morgan fingerprint density at radius 2 is 1.91 bits per heavy atom. The average Bonchev–Trinajstić information content (AvgIpc) is 2.97. The van der Waals surface area contributed by atoms with E-state index >= 15 is 0 Å². The molecule has 23 heavy (non-hydrogen) atoms. The number of nitrogens with zero attached hydrogens (tertiary/aromatic N) is 2. The van der Waals surface area contributed by atoms with Crippen LogP contribution in [0.3, 0.4) is 0 Å². The topological polar surface area (TPSA) is 79.0 Å². The fourth-order valence-corrected chi connectivity index (χ4v) is 4.54. The first-order valence-corrected chi connectivity index (χ1v) is 10.2. The van der Waals surface area contributed by atoms with E-state index in [1.54, 1.807) is 0 Å². The second-order valence-electron chi connectivity index (χ2n) is 6.74. The molecule has 2 fully saturated rings. The molecule has 1 N–H and O–H groups in total. The summed E-state index contributed by atoms with van der Waals surface area (Å²) in [4.78, 5) is 14.8. The third kappa shape index (κ3) is 4.89. The smallest absolute Gasteiger partial charge is 0.238 e. The van der Waals surface area contributed by atoms with Crippen LogP contribution in [0.15, 0.2) is 0 Å². The van der Waals surface area contributed by atoms with E-state index in [-0.39, 0.29) is 11.9 Å². The second kappa shape index (κ2) is 7.92. The van der Waals surface area contributed by atoms with Crippen molar-refractivity contribution >= 4 is 15.9 Å². The summed E-state index contributed by atoms with van der Waals surface area (Å²) in [5.74, 6) is 0.231. The normalized spacial score (nSPS) is 25.7. The monoisotopic (exact) mass is 347 g/mol. The number of carbonyl (C=O) groups is 1. The number of hydrogen-bond acceptors (Lipinski definition) is 5. The van der Waals surface area contributed by atoms with Crippen LogP contribution in [0.2, 0.25) is 0 Å². The molecule has 2 rings (SSSR count). The number of morpholine rings is 1. The van der Waals surface area contributed by atoms with Crippen LogP contribution in [0.4, 0.5) is 0 Å². The minimum atomic E-state index is -3.33. The Bertz CT molecular complexity index is 503. The van der Waals surface area contributed by atoms with E-state index in [1.807, 2.05) is 0 Å². The first-order valence-electron chi connectivity index (χ1n) is 8.37. The van der Waals surface area contributed by atoms with Gasteiger partial charge in [-0.3, -0.25) is 9.69 Å². The van der Waals surface area contributed by atoms with Crippen LogP contribution >= 0.6 is 0 Å². The van der Waals surface area contributed by atoms with Gasteiger partial charge >= 0.3 is 0 Å². The van der Waals surface area contributed by atoms with Crippen LogP contribution in [0.25, 0.3) is 0 Å². The molecule has 2 unspecified atom stereocenters. The van der Waals surface area contributed by atoms with Crippen LogP contribution < -0.4 is 5.32 Å². The summed E-state index contributed by atoms with van der Waals surface area (Å²) in [6, 6.07) is -0.307. The van der Waals surface area contributed by atoms with Gasteiger partial charge in [0, 0.05) is 32.2 Å². The Morgan fingerprint density at radius 3 is 2.48 bits per heavy atom. The van der Waals surface area contributed by atoms with Crippen molar-refractivity contribution in [2.45, 2.75) is 38.8 Å². The zero-order chi connectivity index (χ0) is 17.0. The maximum atomic E-state index is 12.5. The van der Waals surface area contributed by atoms with Gasteiger partial charge in [0.15, 0.2) is 0 Å². The Kier molecular flexibility index (Phi) is 6.41. The van der Waals surface area contributed by atoms with Crippen molar-refractivity contribution in [1.82, 2.24) is 14.5 Å². The number of hydrogen-bond donors (Lipinski definition) is 1. The van der Waals surface area contributed by atoms with Gasteiger partial charge in [-0.1, -0.05) is 13.8 Å². The fourth-order valence-electron chi connectivity index (χ4n) is 3.42. The molecule has 0 spiro atoms. The third-order valence-electron chi connectivity index (χ3n) is 4.70. The van der Waals surface area contributed by atoms with E-state index in [2.05, 4.69) is 24.1 Å². The van der Waals surface area contributed by atoms with E-state index in [1.165, 1.54) is 10.6 Å². The average molecular weight is 347 g/mol. The lowest BCUT2D eigenvalue weighted by Gasteiger charge is -2.37. The number of sulfonamides is 1. The van der Waals surface area contributed by atoms with Crippen LogP contribution in [-0.2, 0) is 19.6 Å². The molecule has 7 nitrogen and oxygen atoms in total. The summed E-state index contributed by atoms with van der Waals surface area (Å²) in [6.07, 6.45) is 2.51. The summed E-state index contributed by atoms with van der Waals surface area (Å²) in [5, 5.41) is 2.98. The third-order valence-corrected chi connectivity index (χ3v) is 5.99. The predicted octanol–water partition coefficient (Wildman–Crippen LogP) is -0.117. The number of nitrogens with one attached hydrogen (secondary N) is 1. The van der Waals surface area contributed by atoms with E-state index in [0.717, 1.165) is 32.7 Å². The number of rotatable bonds is 6. The molecule has 2 aliphatic heterocycles. The maximum Gasteiger partial charge on any atom is 0.238 e. The molecule has 0 radical (unpaired) electrons. The van der Waals surface area contributed by atoms with Gasteiger partial charge in [0.05, 0.1) is 19.5 Å². The van der Waals surface area contributed by atoms with Crippen molar-refractivity contribution in [2.24, 2.45) is 5.92 Å². The Hall–Kier alpha value is -0.700. The molecule has 2 atom stereocenters. The minimum absolute atomic E-state index is 0.174. The SMILES string of the molecule is CC(C)C(CNC(=O)C1CCCN1S(C)(=O)=O)N1CCOCC1. The van der Waals surface area contributed by atoms with Crippen LogP contribution in [0.5, 0.6) is 0 Å². The largest absolute Gasteiger partial charge is 0.379 e. The molecule has 134 valence electrons. The zero-order valence-corrected chi connectivity index (χ0v) is 15.1. The molecule has 2 heterocycles. The Labute approximate surface area is 139 Å². The molecule has 0 saturated carbocycles. The number of carbonyl (C=O) groups excluding carboxylic acids is 1. The first-order chi connectivity index (χ1) is 10.8. The van der Waals surface area contributed by atoms with Crippen LogP contribution in [0, 0.1) is 5.92 Å². The van der Waals surface area contributed by atoms with Gasteiger partial charge in [-0.25, -0.2) is 8.42 Å². The molecule has 0 aromatic heterocycles. The van der Waals surface area contributed by atoms with Crippen molar-refractivity contribution in [3.8, 4) is 0 Å². The molecular weight excluding hydrogens is 318 g/mol. The molecule has 0 aromatic carbocycles.